The van der Waals surface area contributed by atoms with Crippen LogP contribution in [-0.4, -0.2) is 32.6 Å². The minimum absolute atomic E-state index is 0.0250. The van der Waals surface area contributed by atoms with Crippen molar-refractivity contribution >= 4 is 5.91 Å². The number of oxazole rings is 1. The Hall–Kier alpha value is -4.52. The molecule has 0 bridgehead atoms. The van der Waals surface area contributed by atoms with Crippen molar-refractivity contribution in [2.75, 3.05) is 7.05 Å². The lowest BCUT2D eigenvalue weighted by Crippen LogP contribution is -2.26. The van der Waals surface area contributed by atoms with Crippen LogP contribution >= 0.6 is 0 Å². The third-order valence-corrected chi connectivity index (χ3v) is 5.93. The van der Waals surface area contributed by atoms with Gasteiger partial charge in [-0.1, -0.05) is 48.5 Å². The fraction of sp³-hybridized carbons (Fsp3) is 0.138. The molecular formula is C29H25FN4O2. The first-order valence-electron chi connectivity index (χ1n) is 11.7. The average molecular weight is 481 g/mol. The van der Waals surface area contributed by atoms with Gasteiger partial charge in [-0.05, 0) is 36.4 Å². The van der Waals surface area contributed by atoms with Crippen LogP contribution in [0.4, 0.5) is 4.39 Å². The summed E-state index contributed by atoms with van der Waals surface area (Å²) < 4.78 is 20.8. The van der Waals surface area contributed by atoms with Crippen LogP contribution in [0.15, 0.2) is 102 Å². The predicted molar refractivity (Wildman–Crippen MR) is 136 cm³/mol. The second-order valence-electron chi connectivity index (χ2n) is 8.52. The number of aryl methyl sites for hydroxylation is 1. The van der Waals surface area contributed by atoms with Crippen LogP contribution in [0.25, 0.3) is 28.3 Å². The van der Waals surface area contributed by atoms with Gasteiger partial charge >= 0.3 is 0 Å². The number of carbonyl (C=O) groups excluding carboxylic acids is 1. The van der Waals surface area contributed by atoms with E-state index in [1.165, 1.54) is 12.1 Å². The maximum atomic E-state index is 13.2. The third-order valence-electron chi connectivity index (χ3n) is 5.93. The van der Waals surface area contributed by atoms with E-state index in [2.05, 4.69) is 4.98 Å². The third kappa shape index (κ3) is 5.25. The van der Waals surface area contributed by atoms with Crippen LogP contribution in [0, 0.1) is 5.82 Å². The van der Waals surface area contributed by atoms with Crippen molar-refractivity contribution in [3.8, 4) is 28.3 Å². The Balaban J connectivity index is 1.28. The topological polar surface area (TPSA) is 64.2 Å². The molecule has 0 saturated heterocycles. The number of hydrogen-bond acceptors (Lipinski definition) is 4. The molecule has 6 nitrogen and oxygen atoms in total. The van der Waals surface area contributed by atoms with E-state index in [9.17, 15) is 9.18 Å². The summed E-state index contributed by atoms with van der Waals surface area (Å²) in [6.07, 6.45) is 4.21. The summed E-state index contributed by atoms with van der Waals surface area (Å²) in [7, 11) is 1.79. The first-order valence-corrected chi connectivity index (χ1v) is 11.7. The number of halogens is 1. The lowest BCUT2D eigenvalue weighted by atomic mass is 10.1. The zero-order valence-electron chi connectivity index (χ0n) is 19.8. The number of aromatic nitrogens is 3. The quantitative estimate of drug-likeness (QED) is 0.276. The van der Waals surface area contributed by atoms with Gasteiger partial charge in [-0.3, -0.25) is 4.79 Å². The van der Waals surface area contributed by atoms with Crippen LogP contribution in [-0.2, 0) is 17.8 Å². The van der Waals surface area contributed by atoms with Crippen LogP contribution in [0.3, 0.4) is 0 Å². The normalized spacial score (nSPS) is 10.9. The highest BCUT2D eigenvalue weighted by molar-refractivity contribution is 5.76. The largest absolute Gasteiger partial charge is 0.441 e. The van der Waals surface area contributed by atoms with Gasteiger partial charge in [0.15, 0.2) is 11.7 Å². The molecule has 0 atom stereocenters. The summed E-state index contributed by atoms with van der Waals surface area (Å²) in [6.45, 7) is 0.419. The summed E-state index contributed by atoms with van der Waals surface area (Å²) in [4.78, 5) is 18.9. The van der Waals surface area contributed by atoms with Crippen molar-refractivity contribution in [1.82, 2.24) is 19.7 Å². The van der Waals surface area contributed by atoms with Crippen molar-refractivity contribution in [1.29, 1.82) is 0 Å². The number of amides is 1. The average Bonchev–Trinajstić information content (AvgIpc) is 3.56. The van der Waals surface area contributed by atoms with Gasteiger partial charge in [0.05, 0.1) is 17.6 Å². The van der Waals surface area contributed by atoms with Crippen molar-refractivity contribution in [3.63, 3.8) is 0 Å². The van der Waals surface area contributed by atoms with E-state index < -0.39 is 0 Å². The van der Waals surface area contributed by atoms with Crippen LogP contribution in [0.5, 0.6) is 0 Å². The minimum Gasteiger partial charge on any atom is -0.441 e. The Morgan fingerprint density at radius 1 is 0.944 bits per heavy atom. The Morgan fingerprint density at radius 2 is 1.64 bits per heavy atom. The van der Waals surface area contributed by atoms with Crippen molar-refractivity contribution in [2.45, 2.75) is 19.4 Å². The van der Waals surface area contributed by atoms with Crippen molar-refractivity contribution in [2.24, 2.45) is 0 Å². The second-order valence-corrected chi connectivity index (χ2v) is 8.52. The monoisotopic (exact) mass is 480 g/mol. The molecular weight excluding hydrogens is 455 g/mol. The SMILES string of the molecule is CN(Cc1cn(-c2ccccc2)nc1-c1ccccc1)C(=O)CCc1ncc(-c2ccc(F)cc2)o1. The molecule has 0 fully saturated rings. The van der Waals surface area contributed by atoms with E-state index in [-0.39, 0.29) is 18.1 Å². The van der Waals surface area contributed by atoms with E-state index in [4.69, 9.17) is 9.52 Å². The molecule has 36 heavy (non-hydrogen) atoms. The van der Waals surface area contributed by atoms with E-state index in [0.717, 1.165) is 28.1 Å². The fourth-order valence-electron chi connectivity index (χ4n) is 4.00. The Kier molecular flexibility index (Phi) is 6.71. The van der Waals surface area contributed by atoms with E-state index in [1.54, 1.807) is 30.3 Å². The van der Waals surface area contributed by atoms with Gasteiger partial charge in [0, 0.05) is 49.3 Å². The van der Waals surface area contributed by atoms with Crippen molar-refractivity contribution in [3.05, 3.63) is 115 Å². The molecule has 2 heterocycles. The van der Waals surface area contributed by atoms with E-state index >= 15 is 0 Å². The first kappa shape index (κ1) is 23.2. The smallest absolute Gasteiger partial charge is 0.223 e. The standard InChI is InChI=1S/C29H25FN4O2/c1-33(28(35)17-16-27-31-18-26(36-27)21-12-14-24(30)15-13-21)19-23-20-34(25-10-6-3-7-11-25)32-29(23)22-8-4-2-5-9-22/h2-15,18,20H,16-17,19H2,1H3. The van der Waals surface area contributed by atoms with Crippen molar-refractivity contribution < 1.29 is 13.6 Å². The Bertz CT molecular complexity index is 1440. The number of rotatable bonds is 8. The van der Waals surface area contributed by atoms with Crippen LogP contribution in [0.2, 0.25) is 0 Å². The molecule has 5 aromatic rings. The number of nitrogens with zero attached hydrogens (tertiary/aromatic N) is 4. The number of hydrogen-bond donors (Lipinski definition) is 0. The lowest BCUT2D eigenvalue weighted by molar-refractivity contribution is -0.130. The molecule has 180 valence electrons. The maximum absolute atomic E-state index is 13.2. The minimum atomic E-state index is -0.308. The molecule has 5 rings (SSSR count). The number of para-hydroxylation sites is 1. The second kappa shape index (κ2) is 10.4. The molecule has 0 spiro atoms. The summed E-state index contributed by atoms with van der Waals surface area (Å²) >= 11 is 0. The molecule has 7 heteroatoms. The maximum Gasteiger partial charge on any atom is 0.223 e. The molecule has 0 aliphatic rings. The zero-order chi connectivity index (χ0) is 24.9. The molecule has 0 aliphatic carbocycles. The molecule has 0 N–H and O–H groups in total. The van der Waals surface area contributed by atoms with Gasteiger partial charge in [0.25, 0.3) is 0 Å². The summed E-state index contributed by atoms with van der Waals surface area (Å²) in [5.41, 5.74) is 4.49. The van der Waals surface area contributed by atoms with E-state index in [0.29, 0.717) is 24.6 Å². The summed E-state index contributed by atoms with van der Waals surface area (Å²) in [6, 6.07) is 25.9. The van der Waals surface area contributed by atoms with Crippen LogP contribution in [0.1, 0.15) is 17.9 Å². The van der Waals surface area contributed by atoms with Gasteiger partial charge < -0.3 is 9.32 Å². The lowest BCUT2D eigenvalue weighted by Gasteiger charge is -2.16. The Labute approximate surface area is 208 Å². The van der Waals surface area contributed by atoms with Gasteiger partial charge in [0.1, 0.15) is 5.82 Å². The predicted octanol–water partition coefficient (Wildman–Crippen LogP) is 5.92. The number of carbonyl (C=O) groups is 1. The first-order chi connectivity index (χ1) is 17.6. The summed E-state index contributed by atoms with van der Waals surface area (Å²) in [5, 5.41) is 4.82. The molecule has 0 radical (unpaired) electrons. The highest BCUT2D eigenvalue weighted by atomic mass is 19.1. The zero-order valence-corrected chi connectivity index (χ0v) is 19.8. The number of benzene rings is 3. The van der Waals surface area contributed by atoms with Gasteiger partial charge in [-0.15, -0.1) is 0 Å². The fourth-order valence-corrected chi connectivity index (χ4v) is 4.00. The molecule has 0 saturated carbocycles. The highest BCUT2D eigenvalue weighted by Crippen LogP contribution is 2.25. The van der Waals surface area contributed by atoms with Gasteiger partial charge in [0.2, 0.25) is 5.91 Å². The van der Waals surface area contributed by atoms with Gasteiger partial charge in [-0.2, -0.15) is 5.10 Å². The highest BCUT2D eigenvalue weighted by Gasteiger charge is 2.18. The van der Waals surface area contributed by atoms with E-state index in [1.807, 2.05) is 71.5 Å². The molecule has 3 aromatic carbocycles. The molecule has 2 aromatic heterocycles. The van der Waals surface area contributed by atoms with Crippen LogP contribution < -0.4 is 0 Å². The molecule has 0 unspecified atom stereocenters. The summed E-state index contributed by atoms with van der Waals surface area (Å²) in [5.74, 6) is 0.685. The molecule has 0 aliphatic heterocycles. The Morgan fingerprint density at radius 3 is 2.36 bits per heavy atom. The van der Waals surface area contributed by atoms with Gasteiger partial charge in [-0.25, -0.2) is 14.1 Å². The molecule has 1 amide bonds.